The molecule has 0 aliphatic heterocycles. The predicted octanol–water partition coefficient (Wildman–Crippen LogP) is 11.9. The van der Waals surface area contributed by atoms with E-state index in [2.05, 4.69) is 97.1 Å². The molecule has 0 aliphatic rings. The van der Waals surface area contributed by atoms with Gasteiger partial charge in [-0.05, 0) is 92.3 Å². The van der Waals surface area contributed by atoms with Gasteiger partial charge in [-0.25, -0.2) is 0 Å². The highest BCUT2D eigenvalue weighted by molar-refractivity contribution is 6.23. The molecule has 0 saturated carbocycles. The average molecular weight is 551 g/mol. The van der Waals surface area contributed by atoms with Gasteiger partial charge in [0.15, 0.2) is 0 Å². The third-order valence-corrected chi connectivity index (χ3v) is 8.94. The maximum Gasteiger partial charge on any atom is 0.145 e. The first-order valence-electron chi connectivity index (χ1n) is 14.5. The number of furan rings is 3. The summed E-state index contributed by atoms with van der Waals surface area (Å²) in [5.74, 6) is 0. The molecule has 3 heterocycles. The minimum Gasteiger partial charge on any atom is -0.464 e. The summed E-state index contributed by atoms with van der Waals surface area (Å²) in [5.41, 5.74) is 9.03. The fraction of sp³-hybridized carbons (Fsp3) is 0. The van der Waals surface area contributed by atoms with E-state index in [-0.39, 0.29) is 0 Å². The van der Waals surface area contributed by atoms with Crippen molar-refractivity contribution in [3.8, 4) is 22.3 Å². The van der Waals surface area contributed by atoms with Gasteiger partial charge in [-0.1, -0.05) is 78.9 Å². The molecular formula is C40H22O3. The van der Waals surface area contributed by atoms with Crippen molar-refractivity contribution < 1.29 is 13.3 Å². The van der Waals surface area contributed by atoms with Crippen LogP contribution in [0.1, 0.15) is 0 Å². The highest BCUT2D eigenvalue weighted by Gasteiger charge is 2.19. The third kappa shape index (κ3) is 3.14. The first kappa shape index (κ1) is 22.8. The van der Waals surface area contributed by atoms with Crippen LogP contribution in [0.15, 0.2) is 147 Å². The van der Waals surface area contributed by atoms with Crippen LogP contribution in [-0.2, 0) is 0 Å². The Morgan fingerprint density at radius 1 is 0.372 bits per heavy atom. The lowest BCUT2D eigenvalue weighted by Gasteiger charge is -2.17. The highest BCUT2D eigenvalue weighted by atomic mass is 16.3. The smallest absolute Gasteiger partial charge is 0.145 e. The Balaban J connectivity index is 1.26. The van der Waals surface area contributed by atoms with Crippen molar-refractivity contribution in [1.29, 1.82) is 0 Å². The van der Waals surface area contributed by atoms with Crippen LogP contribution in [0.3, 0.4) is 0 Å². The Kier molecular flexibility index (Phi) is 4.45. The van der Waals surface area contributed by atoms with Crippen LogP contribution in [0.25, 0.3) is 98.6 Å². The van der Waals surface area contributed by atoms with Gasteiger partial charge in [0.2, 0.25) is 0 Å². The summed E-state index contributed by atoms with van der Waals surface area (Å²) >= 11 is 0. The average Bonchev–Trinajstić information content (AvgIpc) is 3.77. The van der Waals surface area contributed by atoms with E-state index in [9.17, 15) is 0 Å². The summed E-state index contributed by atoms with van der Waals surface area (Å²) in [4.78, 5) is 0. The van der Waals surface area contributed by atoms with E-state index in [0.29, 0.717) is 0 Å². The quantitative estimate of drug-likeness (QED) is 0.201. The predicted molar refractivity (Wildman–Crippen MR) is 177 cm³/mol. The number of hydrogen-bond acceptors (Lipinski definition) is 3. The van der Waals surface area contributed by atoms with Crippen LogP contribution in [0, 0.1) is 0 Å². The maximum atomic E-state index is 6.40. The molecule has 0 saturated heterocycles. The van der Waals surface area contributed by atoms with Crippen molar-refractivity contribution in [2.24, 2.45) is 0 Å². The van der Waals surface area contributed by atoms with Gasteiger partial charge in [0, 0.05) is 21.5 Å². The van der Waals surface area contributed by atoms with Gasteiger partial charge in [0.25, 0.3) is 0 Å². The van der Waals surface area contributed by atoms with Gasteiger partial charge in [0.05, 0.1) is 11.6 Å². The summed E-state index contributed by atoms with van der Waals surface area (Å²) in [6, 6.07) is 44.9. The van der Waals surface area contributed by atoms with Crippen molar-refractivity contribution in [3.63, 3.8) is 0 Å². The Morgan fingerprint density at radius 2 is 0.907 bits per heavy atom. The third-order valence-electron chi connectivity index (χ3n) is 8.94. The molecule has 3 heteroatoms. The normalized spacial score (nSPS) is 12.2. The second-order valence-corrected chi connectivity index (χ2v) is 11.2. The van der Waals surface area contributed by atoms with E-state index >= 15 is 0 Å². The lowest BCUT2D eigenvalue weighted by atomic mass is 9.85. The number of para-hydroxylation sites is 1. The number of hydrogen-bond donors (Lipinski definition) is 0. The van der Waals surface area contributed by atoms with Crippen molar-refractivity contribution >= 4 is 76.4 Å². The van der Waals surface area contributed by atoms with Gasteiger partial charge >= 0.3 is 0 Å². The summed E-state index contributed by atoms with van der Waals surface area (Å²) in [7, 11) is 0. The fourth-order valence-electron chi connectivity index (χ4n) is 7.07. The topological polar surface area (TPSA) is 39.4 Å². The van der Waals surface area contributed by atoms with Crippen LogP contribution in [0.2, 0.25) is 0 Å². The number of fused-ring (bicyclic) bond motifs is 10. The number of benzene rings is 7. The molecular weight excluding hydrogens is 528 g/mol. The van der Waals surface area contributed by atoms with Crippen LogP contribution >= 0.6 is 0 Å². The molecule has 43 heavy (non-hydrogen) atoms. The molecule has 3 nitrogen and oxygen atoms in total. The maximum absolute atomic E-state index is 6.40. The zero-order chi connectivity index (χ0) is 28.1. The zero-order valence-electron chi connectivity index (χ0n) is 22.9. The molecule has 200 valence electrons. The van der Waals surface area contributed by atoms with Crippen molar-refractivity contribution in [3.05, 3.63) is 134 Å². The van der Waals surface area contributed by atoms with Crippen LogP contribution in [-0.4, -0.2) is 0 Å². The van der Waals surface area contributed by atoms with Crippen molar-refractivity contribution in [1.82, 2.24) is 0 Å². The molecule has 0 fully saturated rings. The lowest BCUT2D eigenvalue weighted by Crippen LogP contribution is -1.90. The van der Waals surface area contributed by atoms with E-state index in [1.165, 1.54) is 32.7 Å². The summed E-state index contributed by atoms with van der Waals surface area (Å²) in [5, 5.41) is 10.2. The molecule has 0 N–H and O–H groups in total. The largest absolute Gasteiger partial charge is 0.464 e. The Hall–Kier alpha value is -5.80. The van der Waals surface area contributed by atoms with Gasteiger partial charge in [-0.15, -0.1) is 0 Å². The van der Waals surface area contributed by atoms with E-state index in [0.717, 1.165) is 66.0 Å². The van der Waals surface area contributed by atoms with E-state index in [1.54, 1.807) is 6.26 Å². The molecule has 0 bridgehead atoms. The second kappa shape index (κ2) is 8.37. The van der Waals surface area contributed by atoms with E-state index in [1.807, 2.05) is 30.3 Å². The van der Waals surface area contributed by atoms with Crippen LogP contribution in [0.5, 0.6) is 0 Å². The Labute approximate surface area is 245 Å². The minimum atomic E-state index is 0.834. The van der Waals surface area contributed by atoms with Gasteiger partial charge < -0.3 is 13.3 Å². The molecule has 7 aromatic carbocycles. The molecule has 0 spiro atoms. The van der Waals surface area contributed by atoms with E-state index in [4.69, 9.17) is 13.3 Å². The molecule has 0 aliphatic carbocycles. The molecule has 0 amide bonds. The van der Waals surface area contributed by atoms with Crippen LogP contribution in [0.4, 0.5) is 0 Å². The highest BCUT2D eigenvalue weighted by Crippen LogP contribution is 2.46. The lowest BCUT2D eigenvalue weighted by molar-refractivity contribution is 0.618. The molecule has 10 aromatic rings. The standard InChI is InChI=1S/C40H22O3/c1-3-10-30-28(8-1)37(24-13-16-27-26-7-5-6-12-33(26)42-35(27)21-24)29-9-2-4-11-31(29)38(30)25-14-17-32-36(22-25)43-34-18-15-23-19-20-41-40(23)39(32)34/h1-22H. The first-order chi connectivity index (χ1) is 21.3. The SMILES string of the molecule is c1ccc2c(c1)oc1cc(-c3c4ccccc4c(-c4ccc5c(c4)oc4ccc6ccoc6c45)c4ccccc34)ccc12. The zero-order valence-corrected chi connectivity index (χ0v) is 22.9. The van der Waals surface area contributed by atoms with Gasteiger partial charge in [0.1, 0.15) is 27.9 Å². The van der Waals surface area contributed by atoms with Gasteiger partial charge in [-0.2, -0.15) is 0 Å². The summed E-state index contributed by atoms with van der Waals surface area (Å²) in [6.45, 7) is 0. The minimum absolute atomic E-state index is 0.834. The molecule has 3 aromatic heterocycles. The first-order valence-corrected chi connectivity index (χ1v) is 14.5. The van der Waals surface area contributed by atoms with E-state index < -0.39 is 0 Å². The summed E-state index contributed by atoms with van der Waals surface area (Å²) < 4.78 is 18.6. The molecule has 0 radical (unpaired) electrons. The van der Waals surface area contributed by atoms with Crippen molar-refractivity contribution in [2.45, 2.75) is 0 Å². The molecule has 0 unspecified atom stereocenters. The summed E-state index contributed by atoms with van der Waals surface area (Å²) in [6.07, 6.45) is 1.74. The second-order valence-electron chi connectivity index (χ2n) is 11.2. The molecule has 0 atom stereocenters. The molecule has 10 rings (SSSR count). The van der Waals surface area contributed by atoms with Crippen LogP contribution < -0.4 is 0 Å². The number of rotatable bonds is 2. The Morgan fingerprint density at radius 3 is 1.58 bits per heavy atom. The monoisotopic (exact) mass is 550 g/mol. The van der Waals surface area contributed by atoms with Gasteiger partial charge in [-0.3, -0.25) is 0 Å². The fourth-order valence-corrected chi connectivity index (χ4v) is 7.07. The van der Waals surface area contributed by atoms with Crippen molar-refractivity contribution in [2.75, 3.05) is 0 Å². The Bertz CT molecular complexity index is 2680.